The number of carbonyl (C=O) groups is 1. The molecule has 0 atom stereocenters. The molecule has 0 radical (unpaired) electrons. The van der Waals surface area contributed by atoms with E-state index in [9.17, 15) is 4.79 Å². The zero-order valence-corrected chi connectivity index (χ0v) is 15.5. The van der Waals surface area contributed by atoms with Gasteiger partial charge in [-0.3, -0.25) is 4.79 Å². The summed E-state index contributed by atoms with van der Waals surface area (Å²) < 4.78 is 5.64. The summed E-state index contributed by atoms with van der Waals surface area (Å²) in [5.41, 5.74) is 2.41. The zero-order valence-electron chi connectivity index (χ0n) is 15.5. The van der Waals surface area contributed by atoms with Crippen LogP contribution in [0.15, 0.2) is 54.6 Å². The van der Waals surface area contributed by atoms with E-state index in [2.05, 4.69) is 19.9 Å². The Labute approximate surface area is 156 Å². The van der Waals surface area contributed by atoms with Crippen molar-refractivity contribution in [1.29, 1.82) is 5.26 Å². The summed E-state index contributed by atoms with van der Waals surface area (Å²) in [6.45, 7) is 5.28. The second-order valence-corrected chi connectivity index (χ2v) is 6.54. The van der Waals surface area contributed by atoms with Gasteiger partial charge in [-0.05, 0) is 35.6 Å². The van der Waals surface area contributed by atoms with Gasteiger partial charge in [0.2, 0.25) is 0 Å². The van der Waals surface area contributed by atoms with E-state index in [0.29, 0.717) is 31.2 Å². The summed E-state index contributed by atoms with van der Waals surface area (Å²) in [7, 11) is 0. The highest BCUT2D eigenvalue weighted by molar-refractivity contribution is 5.77. The third-order valence-corrected chi connectivity index (χ3v) is 4.27. The molecular weight excluding hydrogens is 324 g/mol. The summed E-state index contributed by atoms with van der Waals surface area (Å²) in [5.74, 6) is 1.06. The molecule has 1 amide bonds. The molecule has 2 rings (SSSR count). The molecule has 2 aromatic carbocycles. The first-order valence-corrected chi connectivity index (χ1v) is 9.01. The number of carbonyl (C=O) groups excluding carboxylic acids is 1. The first-order chi connectivity index (χ1) is 12.6. The predicted molar refractivity (Wildman–Crippen MR) is 103 cm³/mol. The van der Waals surface area contributed by atoms with E-state index < -0.39 is 0 Å². The number of hydrogen-bond acceptors (Lipinski definition) is 3. The lowest BCUT2D eigenvalue weighted by molar-refractivity contribution is -0.133. The van der Waals surface area contributed by atoms with Gasteiger partial charge in [-0.2, -0.15) is 5.26 Å². The van der Waals surface area contributed by atoms with Gasteiger partial charge in [-0.15, -0.1) is 0 Å². The van der Waals surface area contributed by atoms with E-state index in [-0.39, 0.29) is 12.5 Å². The monoisotopic (exact) mass is 350 g/mol. The van der Waals surface area contributed by atoms with Crippen molar-refractivity contribution in [3.8, 4) is 11.8 Å². The lowest BCUT2D eigenvalue weighted by Crippen LogP contribution is -2.37. The van der Waals surface area contributed by atoms with E-state index in [1.807, 2.05) is 54.6 Å². The van der Waals surface area contributed by atoms with Crippen LogP contribution in [0.2, 0.25) is 0 Å². The topological polar surface area (TPSA) is 53.3 Å². The van der Waals surface area contributed by atoms with Crippen LogP contribution in [0.25, 0.3) is 0 Å². The van der Waals surface area contributed by atoms with Crippen LogP contribution in [0.1, 0.15) is 37.3 Å². The zero-order chi connectivity index (χ0) is 18.8. The summed E-state index contributed by atoms with van der Waals surface area (Å²) >= 11 is 0. The van der Waals surface area contributed by atoms with Gasteiger partial charge in [0.25, 0.3) is 5.91 Å². The third kappa shape index (κ3) is 6.25. The molecule has 4 nitrogen and oxygen atoms in total. The number of ether oxygens (including phenoxy) is 1. The molecule has 0 heterocycles. The van der Waals surface area contributed by atoms with Crippen molar-refractivity contribution in [2.45, 2.75) is 32.6 Å². The van der Waals surface area contributed by atoms with Crippen molar-refractivity contribution in [2.24, 2.45) is 0 Å². The van der Waals surface area contributed by atoms with E-state index in [0.717, 1.165) is 6.42 Å². The molecule has 26 heavy (non-hydrogen) atoms. The van der Waals surface area contributed by atoms with E-state index in [4.69, 9.17) is 10.00 Å². The number of nitrogens with zero attached hydrogens (tertiary/aromatic N) is 2. The molecular formula is C22H26N2O2. The maximum Gasteiger partial charge on any atom is 0.260 e. The molecule has 0 saturated carbocycles. The molecule has 0 bridgehead atoms. The molecule has 0 saturated heterocycles. The van der Waals surface area contributed by atoms with Gasteiger partial charge in [0, 0.05) is 13.1 Å². The van der Waals surface area contributed by atoms with Gasteiger partial charge in [0.1, 0.15) is 5.75 Å². The predicted octanol–water partition coefficient (Wildman–Crippen LogP) is 4.17. The minimum absolute atomic E-state index is 0.0127. The molecule has 136 valence electrons. The van der Waals surface area contributed by atoms with Crippen molar-refractivity contribution < 1.29 is 9.53 Å². The first kappa shape index (κ1) is 19.5. The number of hydrogen-bond donors (Lipinski definition) is 0. The highest BCUT2D eigenvalue weighted by atomic mass is 16.5. The average Bonchev–Trinajstić information content (AvgIpc) is 2.67. The highest BCUT2D eigenvalue weighted by Gasteiger charge is 2.14. The largest absolute Gasteiger partial charge is 0.484 e. The Kier molecular flexibility index (Phi) is 7.70. The van der Waals surface area contributed by atoms with E-state index in [1.165, 1.54) is 11.1 Å². The third-order valence-electron chi connectivity index (χ3n) is 4.27. The van der Waals surface area contributed by atoms with Crippen molar-refractivity contribution in [3.63, 3.8) is 0 Å². The highest BCUT2D eigenvalue weighted by Crippen LogP contribution is 2.18. The quantitative estimate of drug-likeness (QED) is 0.682. The molecule has 0 aliphatic rings. The SMILES string of the molecule is CC(C)c1ccc(OCC(=O)N(CCC#N)CCc2ccccc2)cc1. The van der Waals surface area contributed by atoms with Crippen LogP contribution in [0.5, 0.6) is 5.75 Å². The van der Waals surface area contributed by atoms with Crippen LogP contribution < -0.4 is 4.74 Å². The Balaban J connectivity index is 1.89. The normalized spacial score (nSPS) is 10.4. The minimum Gasteiger partial charge on any atom is -0.484 e. The minimum atomic E-state index is -0.0934. The van der Waals surface area contributed by atoms with Gasteiger partial charge in [-0.25, -0.2) is 0 Å². The van der Waals surface area contributed by atoms with Gasteiger partial charge in [0.05, 0.1) is 12.5 Å². The lowest BCUT2D eigenvalue weighted by atomic mass is 10.0. The Morgan fingerprint density at radius 2 is 1.77 bits per heavy atom. The summed E-state index contributed by atoms with van der Waals surface area (Å²) in [6, 6.07) is 20.0. The van der Waals surface area contributed by atoms with Crippen LogP contribution in [-0.2, 0) is 11.2 Å². The number of nitriles is 1. The van der Waals surface area contributed by atoms with Crippen LogP contribution in [-0.4, -0.2) is 30.5 Å². The lowest BCUT2D eigenvalue weighted by Gasteiger charge is -2.22. The average molecular weight is 350 g/mol. The molecule has 0 aliphatic heterocycles. The molecule has 4 heteroatoms. The Hall–Kier alpha value is -2.80. The second kappa shape index (κ2) is 10.2. The smallest absolute Gasteiger partial charge is 0.260 e. The van der Waals surface area contributed by atoms with E-state index >= 15 is 0 Å². The maximum atomic E-state index is 12.5. The molecule has 0 fully saturated rings. The molecule has 0 aliphatic carbocycles. The van der Waals surface area contributed by atoms with Crippen LogP contribution in [0.4, 0.5) is 0 Å². The first-order valence-electron chi connectivity index (χ1n) is 9.01. The van der Waals surface area contributed by atoms with Crippen molar-refractivity contribution >= 4 is 5.91 Å². The number of benzene rings is 2. The van der Waals surface area contributed by atoms with Gasteiger partial charge >= 0.3 is 0 Å². The molecule has 0 aromatic heterocycles. The van der Waals surface area contributed by atoms with Crippen molar-refractivity contribution in [3.05, 3.63) is 65.7 Å². The fraction of sp³-hybridized carbons (Fsp3) is 0.364. The van der Waals surface area contributed by atoms with Gasteiger partial charge < -0.3 is 9.64 Å². The van der Waals surface area contributed by atoms with Gasteiger partial charge in [0.15, 0.2) is 6.61 Å². The van der Waals surface area contributed by atoms with Crippen molar-refractivity contribution in [1.82, 2.24) is 4.90 Å². The fourth-order valence-corrected chi connectivity index (χ4v) is 2.64. The molecule has 0 spiro atoms. The molecule has 2 aromatic rings. The molecule has 0 N–H and O–H groups in total. The number of amides is 1. The van der Waals surface area contributed by atoms with Crippen LogP contribution in [0.3, 0.4) is 0 Å². The summed E-state index contributed by atoms with van der Waals surface area (Å²) in [6.07, 6.45) is 1.09. The Morgan fingerprint density at radius 1 is 1.08 bits per heavy atom. The summed E-state index contributed by atoms with van der Waals surface area (Å²) in [5, 5.41) is 8.84. The summed E-state index contributed by atoms with van der Waals surface area (Å²) in [4.78, 5) is 14.2. The van der Waals surface area contributed by atoms with E-state index in [1.54, 1.807) is 4.90 Å². The van der Waals surface area contributed by atoms with Gasteiger partial charge in [-0.1, -0.05) is 56.3 Å². The van der Waals surface area contributed by atoms with Crippen LogP contribution >= 0.6 is 0 Å². The number of rotatable bonds is 9. The van der Waals surface area contributed by atoms with Crippen LogP contribution in [0, 0.1) is 11.3 Å². The maximum absolute atomic E-state index is 12.5. The fourth-order valence-electron chi connectivity index (χ4n) is 2.64. The Bertz CT molecular complexity index is 718. The Morgan fingerprint density at radius 3 is 2.38 bits per heavy atom. The standard InChI is InChI=1S/C22H26N2O2/c1-18(2)20-9-11-21(12-10-20)26-17-22(25)24(15-6-14-23)16-13-19-7-4-3-5-8-19/h3-5,7-12,18H,6,13,15-17H2,1-2H3. The molecule has 0 unspecified atom stereocenters. The van der Waals surface area contributed by atoms with Crippen molar-refractivity contribution in [2.75, 3.05) is 19.7 Å². The second-order valence-electron chi connectivity index (χ2n) is 6.54.